The fourth-order valence-corrected chi connectivity index (χ4v) is 1.90. The van der Waals surface area contributed by atoms with Crippen molar-refractivity contribution in [2.75, 3.05) is 13.6 Å². The number of carboxylic acid groups (broad SMARTS) is 1. The van der Waals surface area contributed by atoms with E-state index in [1.54, 1.807) is 13.1 Å². The molecule has 2 atom stereocenters. The van der Waals surface area contributed by atoms with E-state index in [1.807, 2.05) is 0 Å². The van der Waals surface area contributed by atoms with E-state index >= 15 is 0 Å². The van der Waals surface area contributed by atoms with Crippen LogP contribution in [0.4, 0.5) is 4.79 Å². The van der Waals surface area contributed by atoms with Gasteiger partial charge in [-0.25, -0.2) is 4.79 Å². The third-order valence-corrected chi connectivity index (χ3v) is 2.86. The summed E-state index contributed by atoms with van der Waals surface area (Å²) in [5, 5.41) is 11.6. The molecule has 16 heavy (non-hydrogen) atoms. The Labute approximate surface area is 95.1 Å². The van der Waals surface area contributed by atoms with Crippen LogP contribution in [0.5, 0.6) is 0 Å². The lowest BCUT2D eigenvalue weighted by atomic mass is 10.1. The maximum absolute atomic E-state index is 11.6. The van der Waals surface area contributed by atoms with Crippen LogP contribution in [0.15, 0.2) is 12.7 Å². The summed E-state index contributed by atoms with van der Waals surface area (Å²) in [5.41, 5.74) is 0. The van der Waals surface area contributed by atoms with Crippen LogP contribution in [0.2, 0.25) is 0 Å². The Morgan fingerprint density at radius 3 is 2.75 bits per heavy atom. The first-order chi connectivity index (χ1) is 7.54. The molecule has 5 heteroatoms. The summed E-state index contributed by atoms with van der Waals surface area (Å²) in [6.45, 7) is 4.04. The second-order valence-corrected chi connectivity index (χ2v) is 4.16. The Balaban J connectivity index is 2.36. The fraction of sp³-hybridized carbons (Fsp3) is 0.636. The van der Waals surface area contributed by atoms with Gasteiger partial charge in [-0.05, 0) is 19.3 Å². The normalized spacial score (nSPS) is 23.8. The number of aliphatic carboxylic acids is 1. The molecule has 2 amide bonds. The number of nitrogens with zero attached hydrogens (tertiary/aromatic N) is 1. The largest absolute Gasteiger partial charge is 0.481 e. The van der Waals surface area contributed by atoms with Crippen molar-refractivity contribution in [3.63, 3.8) is 0 Å². The molecule has 2 unspecified atom stereocenters. The first kappa shape index (κ1) is 12.5. The second-order valence-electron chi connectivity index (χ2n) is 4.16. The number of rotatable bonds is 4. The second kappa shape index (κ2) is 5.53. The van der Waals surface area contributed by atoms with Crippen LogP contribution >= 0.6 is 0 Å². The zero-order valence-electron chi connectivity index (χ0n) is 9.48. The van der Waals surface area contributed by atoms with Crippen LogP contribution in [0, 0.1) is 5.92 Å². The maximum atomic E-state index is 11.6. The molecule has 0 saturated heterocycles. The summed E-state index contributed by atoms with van der Waals surface area (Å²) in [6, 6.07) is -0.184. The highest BCUT2D eigenvalue weighted by molar-refractivity contribution is 5.75. The van der Waals surface area contributed by atoms with Crippen molar-refractivity contribution < 1.29 is 14.7 Å². The molecule has 0 spiro atoms. The number of carbonyl (C=O) groups excluding carboxylic acids is 1. The van der Waals surface area contributed by atoms with E-state index in [4.69, 9.17) is 5.11 Å². The fourth-order valence-electron chi connectivity index (χ4n) is 1.90. The SMILES string of the molecule is C=CCN(C)C(=O)NC1CCC(C(=O)O)C1. The van der Waals surface area contributed by atoms with Gasteiger partial charge >= 0.3 is 12.0 Å². The lowest BCUT2D eigenvalue weighted by Crippen LogP contribution is -2.42. The summed E-state index contributed by atoms with van der Waals surface area (Å²) in [6.07, 6.45) is 3.56. The van der Waals surface area contributed by atoms with Crippen molar-refractivity contribution in [3.05, 3.63) is 12.7 Å². The average molecular weight is 226 g/mol. The molecule has 1 aliphatic carbocycles. The molecule has 0 heterocycles. The summed E-state index contributed by atoms with van der Waals surface area (Å²) in [4.78, 5) is 23.8. The number of hydrogen-bond acceptors (Lipinski definition) is 2. The maximum Gasteiger partial charge on any atom is 0.317 e. The molecular formula is C11H18N2O3. The Morgan fingerprint density at radius 1 is 1.56 bits per heavy atom. The molecule has 0 aromatic heterocycles. The number of carbonyl (C=O) groups is 2. The minimum absolute atomic E-state index is 0.0131. The first-order valence-electron chi connectivity index (χ1n) is 5.40. The van der Waals surface area contributed by atoms with Gasteiger partial charge in [0.2, 0.25) is 0 Å². The molecule has 0 bridgehead atoms. The van der Waals surface area contributed by atoms with Gasteiger partial charge in [0.1, 0.15) is 0 Å². The lowest BCUT2D eigenvalue weighted by Gasteiger charge is -2.19. The van der Waals surface area contributed by atoms with Crippen LogP contribution in [-0.2, 0) is 4.79 Å². The quantitative estimate of drug-likeness (QED) is 0.704. The van der Waals surface area contributed by atoms with Gasteiger partial charge in [0.15, 0.2) is 0 Å². The highest BCUT2D eigenvalue weighted by atomic mass is 16.4. The Kier molecular flexibility index (Phi) is 4.34. The van der Waals surface area contributed by atoms with Crippen LogP contribution in [0.1, 0.15) is 19.3 Å². The Morgan fingerprint density at radius 2 is 2.25 bits per heavy atom. The molecule has 1 fully saturated rings. The molecule has 0 aromatic rings. The van der Waals surface area contributed by atoms with E-state index in [9.17, 15) is 9.59 Å². The molecule has 1 aliphatic rings. The average Bonchev–Trinajstić information content (AvgIpc) is 2.66. The zero-order chi connectivity index (χ0) is 12.1. The third kappa shape index (κ3) is 3.25. The van der Waals surface area contributed by atoms with Crippen LogP contribution in [0.25, 0.3) is 0 Å². The van der Waals surface area contributed by atoms with Gasteiger partial charge in [-0.15, -0.1) is 6.58 Å². The van der Waals surface area contributed by atoms with Gasteiger partial charge in [-0.1, -0.05) is 6.08 Å². The van der Waals surface area contributed by atoms with Crippen molar-refractivity contribution in [2.45, 2.75) is 25.3 Å². The Bertz CT molecular complexity index is 291. The minimum atomic E-state index is -0.767. The molecule has 0 aromatic carbocycles. The van der Waals surface area contributed by atoms with Crippen molar-refractivity contribution >= 4 is 12.0 Å². The Hall–Kier alpha value is -1.52. The molecule has 5 nitrogen and oxygen atoms in total. The smallest absolute Gasteiger partial charge is 0.317 e. The van der Waals surface area contributed by atoms with Crippen LogP contribution < -0.4 is 5.32 Å². The monoisotopic (exact) mass is 226 g/mol. The van der Waals surface area contributed by atoms with Gasteiger partial charge < -0.3 is 15.3 Å². The zero-order valence-corrected chi connectivity index (χ0v) is 9.48. The first-order valence-corrected chi connectivity index (χ1v) is 5.40. The van der Waals surface area contributed by atoms with E-state index in [0.29, 0.717) is 19.4 Å². The third-order valence-electron chi connectivity index (χ3n) is 2.86. The number of likely N-dealkylation sites (N-methyl/N-ethyl adjacent to an activating group) is 1. The topological polar surface area (TPSA) is 69.6 Å². The molecule has 1 saturated carbocycles. The van der Waals surface area contributed by atoms with E-state index in [0.717, 1.165) is 6.42 Å². The van der Waals surface area contributed by atoms with Crippen molar-refractivity contribution in [1.29, 1.82) is 0 Å². The molecular weight excluding hydrogens is 208 g/mol. The van der Waals surface area contributed by atoms with Gasteiger partial charge in [0.05, 0.1) is 5.92 Å². The standard InChI is InChI=1S/C11H18N2O3/c1-3-6-13(2)11(16)12-9-5-4-8(7-9)10(14)15/h3,8-9H,1,4-7H2,2H3,(H,12,16)(H,14,15). The van der Waals surface area contributed by atoms with E-state index in [-0.39, 0.29) is 18.0 Å². The molecule has 2 N–H and O–H groups in total. The van der Waals surface area contributed by atoms with Gasteiger partial charge in [0.25, 0.3) is 0 Å². The number of urea groups is 1. The van der Waals surface area contributed by atoms with Crippen molar-refractivity contribution in [2.24, 2.45) is 5.92 Å². The summed E-state index contributed by atoms with van der Waals surface area (Å²) >= 11 is 0. The molecule has 1 rings (SSSR count). The van der Waals surface area contributed by atoms with Crippen molar-refractivity contribution in [1.82, 2.24) is 10.2 Å². The summed E-state index contributed by atoms with van der Waals surface area (Å²) in [7, 11) is 1.68. The van der Waals surface area contributed by atoms with Crippen LogP contribution in [0.3, 0.4) is 0 Å². The van der Waals surface area contributed by atoms with E-state index in [2.05, 4.69) is 11.9 Å². The predicted molar refractivity (Wildman–Crippen MR) is 60.1 cm³/mol. The van der Waals surface area contributed by atoms with Gasteiger partial charge in [-0.3, -0.25) is 4.79 Å². The highest BCUT2D eigenvalue weighted by Gasteiger charge is 2.30. The summed E-state index contributed by atoms with van der Waals surface area (Å²) < 4.78 is 0. The van der Waals surface area contributed by atoms with Crippen molar-refractivity contribution in [3.8, 4) is 0 Å². The minimum Gasteiger partial charge on any atom is -0.481 e. The van der Waals surface area contributed by atoms with Gasteiger partial charge in [0, 0.05) is 19.6 Å². The number of nitrogens with one attached hydrogen (secondary N) is 1. The molecule has 0 aliphatic heterocycles. The van der Waals surface area contributed by atoms with E-state index in [1.165, 1.54) is 4.90 Å². The molecule has 90 valence electrons. The molecule has 0 radical (unpaired) electrons. The van der Waals surface area contributed by atoms with Gasteiger partial charge in [-0.2, -0.15) is 0 Å². The number of amides is 2. The summed E-state index contributed by atoms with van der Waals surface area (Å²) in [5.74, 6) is -1.08. The van der Waals surface area contributed by atoms with E-state index < -0.39 is 5.97 Å². The predicted octanol–water partition coefficient (Wildman–Crippen LogP) is 1.07. The number of hydrogen-bond donors (Lipinski definition) is 2. The lowest BCUT2D eigenvalue weighted by molar-refractivity contribution is -0.141. The number of carboxylic acids is 1. The van der Waals surface area contributed by atoms with Crippen LogP contribution in [-0.4, -0.2) is 41.6 Å². The highest BCUT2D eigenvalue weighted by Crippen LogP contribution is 2.25.